The summed E-state index contributed by atoms with van der Waals surface area (Å²) in [6, 6.07) is 28.1. The molecule has 0 unspecified atom stereocenters. The maximum absolute atomic E-state index is 12.6. The van der Waals surface area contributed by atoms with E-state index in [0.717, 1.165) is 73.6 Å². The zero-order valence-corrected chi connectivity index (χ0v) is 37.7. The van der Waals surface area contributed by atoms with Crippen molar-refractivity contribution >= 4 is 23.1 Å². The molecule has 4 N–H and O–H groups in total. The molecule has 0 aliphatic heterocycles. The minimum Gasteiger partial charge on any atom is -0.382 e. The fourth-order valence-corrected chi connectivity index (χ4v) is 7.09. The summed E-state index contributed by atoms with van der Waals surface area (Å²) in [6.07, 6.45) is 7.12. The zero-order valence-electron chi connectivity index (χ0n) is 37.7. The normalized spacial score (nSPS) is 12.5. The first-order valence-electron chi connectivity index (χ1n) is 21.7. The highest BCUT2D eigenvalue weighted by molar-refractivity contribution is 6.03. The quantitative estimate of drug-likeness (QED) is 0.0373. The molecule has 0 aliphatic rings. The lowest BCUT2D eigenvalue weighted by atomic mass is 9.92. The molecular weight excluding hydrogens is 785 g/mol. The van der Waals surface area contributed by atoms with Gasteiger partial charge in [-0.25, -0.2) is 0 Å². The SMILES string of the molecule is CC(C)(O)C(=O)c1ccc(C(OCCCCCCCCCCOC(c2ccc(C(=O)C(C)(C)O)cc2)c2ccc(C(=O)C(C)(C)O)cc2)c2ccc(C(=O)C(C)(C)O)cc2)cc1. The average molecular weight is 851 g/mol. The molecule has 4 aromatic rings. The third-order valence-corrected chi connectivity index (χ3v) is 10.7. The van der Waals surface area contributed by atoms with Crippen molar-refractivity contribution in [2.45, 2.75) is 141 Å². The van der Waals surface area contributed by atoms with Crippen LogP contribution in [-0.4, -0.2) is 79.2 Å². The van der Waals surface area contributed by atoms with E-state index in [1.54, 1.807) is 48.5 Å². The van der Waals surface area contributed by atoms with Gasteiger partial charge in [-0.1, -0.05) is 136 Å². The molecule has 0 aliphatic carbocycles. The Kier molecular flexibility index (Phi) is 17.4. The monoisotopic (exact) mass is 850 g/mol. The zero-order chi connectivity index (χ0) is 45.9. The highest BCUT2D eigenvalue weighted by atomic mass is 16.5. The standard InChI is InChI=1S/C52H66O10/c1-49(2,57)45(53)39-25-17-35(18-26-39)43(36-19-27-40(28-20-36)46(54)50(3,4)58)61-33-15-13-11-9-10-12-14-16-34-62-44(37-21-29-41(30-22-37)47(55)51(5,6)59)38-23-31-42(32-24-38)48(56)52(7,8)60/h17-32,43-44,57-60H,9-16,33-34H2,1-8H3. The van der Waals surface area contributed by atoms with E-state index >= 15 is 0 Å². The van der Waals surface area contributed by atoms with Crippen LogP contribution in [0.2, 0.25) is 0 Å². The maximum Gasteiger partial charge on any atom is 0.193 e. The average Bonchev–Trinajstić information content (AvgIpc) is 3.22. The first-order chi connectivity index (χ1) is 29.0. The Morgan fingerprint density at radius 1 is 0.355 bits per heavy atom. The largest absolute Gasteiger partial charge is 0.382 e. The number of aliphatic hydroxyl groups is 4. The summed E-state index contributed by atoms with van der Waals surface area (Å²) in [4.78, 5) is 50.5. The smallest absolute Gasteiger partial charge is 0.193 e. The van der Waals surface area contributed by atoms with Crippen LogP contribution in [0.5, 0.6) is 0 Å². The molecular formula is C52H66O10. The van der Waals surface area contributed by atoms with Crippen LogP contribution in [0.1, 0.15) is 183 Å². The summed E-state index contributed by atoms with van der Waals surface area (Å²) < 4.78 is 12.9. The van der Waals surface area contributed by atoms with Crippen molar-refractivity contribution in [1.82, 2.24) is 0 Å². The Balaban J connectivity index is 1.26. The maximum atomic E-state index is 12.6. The summed E-state index contributed by atoms with van der Waals surface area (Å²) in [5.74, 6) is -1.49. The first-order valence-corrected chi connectivity index (χ1v) is 21.7. The number of hydrogen-bond acceptors (Lipinski definition) is 10. The van der Waals surface area contributed by atoms with Crippen LogP contribution < -0.4 is 0 Å². The van der Waals surface area contributed by atoms with Gasteiger partial charge >= 0.3 is 0 Å². The Labute approximate surface area is 367 Å². The topological polar surface area (TPSA) is 168 Å². The number of hydrogen-bond donors (Lipinski definition) is 4. The minimum atomic E-state index is -1.49. The number of carbonyl (C=O) groups is 4. The molecule has 10 heteroatoms. The molecule has 4 aromatic carbocycles. The molecule has 334 valence electrons. The number of ether oxygens (including phenoxy) is 2. The molecule has 0 radical (unpaired) electrons. The Morgan fingerprint density at radius 3 is 0.710 bits per heavy atom. The molecule has 0 heterocycles. The van der Waals surface area contributed by atoms with Gasteiger partial charge in [0.05, 0.1) is 0 Å². The van der Waals surface area contributed by atoms with Gasteiger partial charge in [0.15, 0.2) is 23.1 Å². The molecule has 0 amide bonds. The lowest BCUT2D eigenvalue weighted by molar-refractivity contribution is 0.0486. The molecule has 0 aromatic heterocycles. The van der Waals surface area contributed by atoms with Gasteiger partial charge < -0.3 is 29.9 Å². The summed E-state index contributed by atoms with van der Waals surface area (Å²) in [6.45, 7) is 12.7. The van der Waals surface area contributed by atoms with E-state index in [4.69, 9.17) is 9.47 Å². The van der Waals surface area contributed by atoms with Crippen LogP contribution in [0.15, 0.2) is 97.1 Å². The molecule has 0 atom stereocenters. The third kappa shape index (κ3) is 14.4. The van der Waals surface area contributed by atoms with Crippen molar-refractivity contribution in [3.8, 4) is 0 Å². The summed E-state index contributed by atoms with van der Waals surface area (Å²) >= 11 is 0. The number of ketones is 4. The lowest BCUT2D eigenvalue weighted by Gasteiger charge is -2.21. The summed E-state index contributed by atoms with van der Waals surface area (Å²) in [5, 5.41) is 40.8. The van der Waals surface area contributed by atoms with Crippen LogP contribution in [0.3, 0.4) is 0 Å². The van der Waals surface area contributed by atoms with E-state index in [2.05, 4.69) is 0 Å². The number of Topliss-reactive ketones (excluding diaryl/α,β-unsaturated/α-hetero) is 4. The first kappa shape index (κ1) is 50.0. The molecule has 0 spiro atoms. The molecule has 62 heavy (non-hydrogen) atoms. The molecule has 0 bridgehead atoms. The van der Waals surface area contributed by atoms with E-state index < -0.39 is 34.6 Å². The van der Waals surface area contributed by atoms with Gasteiger partial charge in [0.1, 0.15) is 34.6 Å². The molecule has 0 fully saturated rings. The van der Waals surface area contributed by atoms with Crippen LogP contribution in [0.25, 0.3) is 0 Å². The van der Waals surface area contributed by atoms with E-state index in [9.17, 15) is 39.6 Å². The Hall–Kier alpha value is -4.68. The fraction of sp³-hybridized carbons (Fsp3) is 0.462. The predicted octanol–water partition coefficient (Wildman–Crippen LogP) is 9.53. The number of carbonyl (C=O) groups excluding carboxylic acids is 4. The van der Waals surface area contributed by atoms with Gasteiger partial charge in [0, 0.05) is 35.5 Å². The highest BCUT2D eigenvalue weighted by Gasteiger charge is 2.29. The van der Waals surface area contributed by atoms with E-state index in [1.165, 1.54) is 55.4 Å². The van der Waals surface area contributed by atoms with Crippen molar-refractivity contribution in [2.24, 2.45) is 0 Å². The molecule has 0 saturated heterocycles. The fourth-order valence-electron chi connectivity index (χ4n) is 7.09. The summed E-state index contributed by atoms with van der Waals surface area (Å²) in [7, 11) is 0. The van der Waals surface area contributed by atoms with Gasteiger partial charge in [-0.05, 0) is 90.5 Å². The van der Waals surface area contributed by atoms with Gasteiger partial charge in [-0.15, -0.1) is 0 Å². The third-order valence-electron chi connectivity index (χ3n) is 10.7. The Bertz CT molecular complexity index is 1780. The van der Waals surface area contributed by atoms with Crippen LogP contribution >= 0.6 is 0 Å². The predicted molar refractivity (Wildman–Crippen MR) is 241 cm³/mol. The van der Waals surface area contributed by atoms with Crippen molar-refractivity contribution in [3.63, 3.8) is 0 Å². The molecule has 0 saturated carbocycles. The van der Waals surface area contributed by atoms with Gasteiger partial charge in [0.2, 0.25) is 0 Å². The Morgan fingerprint density at radius 2 is 0.532 bits per heavy atom. The van der Waals surface area contributed by atoms with Crippen LogP contribution in [0.4, 0.5) is 0 Å². The number of rotatable bonds is 25. The second-order valence-corrected chi connectivity index (χ2v) is 18.4. The molecule has 10 nitrogen and oxygen atoms in total. The van der Waals surface area contributed by atoms with Crippen molar-refractivity contribution < 1.29 is 49.1 Å². The van der Waals surface area contributed by atoms with E-state index in [1.807, 2.05) is 48.5 Å². The van der Waals surface area contributed by atoms with Crippen molar-refractivity contribution in [1.29, 1.82) is 0 Å². The highest BCUT2D eigenvalue weighted by Crippen LogP contribution is 2.31. The van der Waals surface area contributed by atoms with Crippen molar-refractivity contribution in [2.75, 3.05) is 13.2 Å². The second-order valence-electron chi connectivity index (χ2n) is 18.4. The lowest BCUT2D eigenvalue weighted by Crippen LogP contribution is -2.31. The van der Waals surface area contributed by atoms with Crippen LogP contribution in [0, 0.1) is 0 Å². The van der Waals surface area contributed by atoms with Gasteiger partial charge in [-0.2, -0.15) is 0 Å². The van der Waals surface area contributed by atoms with Crippen LogP contribution in [-0.2, 0) is 9.47 Å². The number of benzene rings is 4. The second kappa shape index (κ2) is 21.6. The summed E-state index contributed by atoms with van der Waals surface area (Å²) in [5.41, 5.74) is -1.01. The van der Waals surface area contributed by atoms with Crippen molar-refractivity contribution in [3.05, 3.63) is 142 Å². The minimum absolute atomic E-state index is 0.373. The van der Waals surface area contributed by atoms with Gasteiger partial charge in [0.25, 0.3) is 0 Å². The number of unbranched alkanes of at least 4 members (excludes halogenated alkanes) is 7. The van der Waals surface area contributed by atoms with E-state index in [0.29, 0.717) is 35.5 Å². The molecule has 4 rings (SSSR count). The van der Waals surface area contributed by atoms with Gasteiger partial charge in [-0.3, -0.25) is 19.2 Å². The van der Waals surface area contributed by atoms with E-state index in [-0.39, 0.29) is 23.1 Å².